The monoisotopic (exact) mass is 159 g/mol. The van der Waals surface area contributed by atoms with Gasteiger partial charge >= 0.3 is 0 Å². The fourth-order valence-corrected chi connectivity index (χ4v) is 0.761. The molecule has 0 fully saturated rings. The molecule has 2 nitrogen and oxygen atoms in total. The molecule has 0 heterocycles. The second-order valence-electron chi connectivity index (χ2n) is 3.22. The molecule has 0 aliphatic carbocycles. The molecule has 2 atom stereocenters. The standard InChI is InChI=1S/C9H21NO/c1-5-8(2)6-10-7-9(3)11-4/h8-10H,5-7H2,1-4H3. The Kier molecular flexibility index (Phi) is 6.57. The highest BCUT2D eigenvalue weighted by Gasteiger charge is 2.00. The molecular formula is C9H21NO. The van der Waals surface area contributed by atoms with Crippen LogP contribution in [-0.4, -0.2) is 26.3 Å². The summed E-state index contributed by atoms with van der Waals surface area (Å²) in [7, 11) is 1.75. The van der Waals surface area contributed by atoms with E-state index in [1.807, 2.05) is 0 Å². The molecule has 2 heteroatoms. The van der Waals surface area contributed by atoms with Crippen LogP contribution >= 0.6 is 0 Å². The lowest BCUT2D eigenvalue weighted by Gasteiger charge is -2.13. The van der Waals surface area contributed by atoms with E-state index < -0.39 is 0 Å². The average Bonchev–Trinajstić information content (AvgIpc) is 2.04. The van der Waals surface area contributed by atoms with Crippen LogP contribution in [0.5, 0.6) is 0 Å². The summed E-state index contributed by atoms with van der Waals surface area (Å²) in [5.41, 5.74) is 0. The van der Waals surface area contributed by atoms with Crippen molar-refractivity contribution in [1.29, 1.82) is 0 Å². The van der Waals surface area contributed by atoms with Crippen molar-refractivity contribution in [3.05, 3.63) is 0 Å². The van der Waals surface area contributed by atoms with Gasteiger partial charge in [-0.3, -0.25) is 0 Å². The molecule has 1 N–H and O–H groups in total. The van der Waals surface area contributed by atoms with Crippen LogP contribution in [0.1, 0.15) is 27.2 Å². The SMILES string of the molecule is CCC(C)CNCC(C)OC. The van der Waals surface area contributed by atoms with Crippen LogP contribution in [0.4, 0.5) is 0 Å². The molecule has 0 aliphatic heterocycles. The number of rotatable bonds is 6. The second-order valence-corrected chi connectivity index (χ2v) is 3.22. The van der Waals surface area contributed by atoms with Crippen molar-refractivity contribution in [3.8, 4) is 0 Å². The van der Waals surface area contributed by atoms with Gasteiger partial charge in [-0.05, 0) is 19.4 Å². The Hall–Kier alpha value is -0.0800. The van der Waals surface area contributed by atoms with Gasteiger partial charge in [0, 0.05) is 13.7 Å². The lowest BCUT2D eigenvalue weighted by molar-refractivity contribution is 0.116. The molecule has 0 saturated carbocycles. The lowest BCUT2D eigenvalue weighted by atomic mass is 10.1. The fraction of sp³-hybridized carbons (Fsp3) is 1.00. The van der Waals surface area contributed by atoms with E-state index in [0.29, 0.717) is 6.10 Å². The van der Waals surface area contributed by atoms with Crippen LogP contribution in [-0.2, 0) is 4.74 Å². The quantitative estimate of drug-likeness (QED) is 0.636. The van der Waals surface area contributed by atoms with Gasteiger partial charge in [0.05, 0.1) is 6.10 Å². The van der Waals surface area contributed by atoms with E-state index in [9.17, 15) is 0 Å². The molecule has 0 aliphatic rings. The first-order chi connectivity index (χ1) is 5.20. The Morgan fingerprint density at radius 2 is 1.91 bits per heavy atom. The van der Waals surface area contributed by atoms with E-state index in [2.05, 4.69) is 26.1 Å². The molecule has 2 unspecified atom stereocenters. The van der Waals surface area contributed by atoms with Gasteiger partial charge in [0.2, 0.25) is 0 Å². The van der Waals surface area contributed by atoms with E-state index in [-0.39, 0.29) is 0 Å². The normalized spacial score (nSPS) is 16.4. The zero-order valence-electron chi connectivity index (χ0n) is 8.18. The predicted octanol–water partition coefficient (Wildman–Crippen LogP) is 1.66. The molecule has 0 rings (SSSR count). The van der Waals surface area contributed by atoms with Crippen LogP contribution in [0.25, 0.3) is 0 Å². The zero-order valence-corrected chi connectivity index (χ0v) is 8.18. The first-order valence-electron chi connectivity index (χ1n) is 4.44. The maximum absolute atomic E-state index is 5.10. The molecular weight excluding hydrogens is 138 g/mol. The first-order valence-corrected chi connectivity index (χ1v) is 4.44. The molecule has 11 heavy (non-hydrogen) atoms. The Morgan fingerprint density at radius 1 is 1.27 bits per heavy atom. The number of methoxy groups -OCH3 is 1. The summed E-state index contributed by atoms with van der Waals surface area (Å²) in [6.07, 6.45) is 1.58. The van der Waals surface area contributed by atoms with Gasteiger partial charge in [0.15, 0.2) is 0 Å². The van der Waals surface area contributed by atoms with Crippen LogP contribution < -0.4 is 5.32 Å². The maximum atomic E-state index is 5.10. The number of ether oxygens (including phenoxy) is 1. The van der Waals surface area contributed by atoms with Crippen molar-refractivity contribution in [2.45, 2.75) is 33.3 Å². The van der Waals surface area contributed by atoms with Gasteiger partial charge in [-0.2, -0.15) is 0 Å². The summed E-state index contributed by atoms with van der Waals surface area (Å²) in [6, 6.07) is 0. The molecule has 0 bridgehead atoms. The van der Waals surface area contributed by atoms with Crippen LogP contribution in [0.2, 0.25) is 0 Å². The number of hydrogen-bond acceptors (Lipinski definition) is 2. The van der Waals surface area contributed by atoms with E-state index >= 15 is 0 Å². The highest BCUT2D eigenvalue weighted by atomic mass is 16.5. The second kappa shape index (κ2) is 6.62. The maximum Gasteiger partial charge on any atom is 0.0667 e. The molecule has 0 radical (unpaired) electrons. The van der Waals surface area contributed by atoms with Crippen molar-refractivity contribution >= 4 is 0 Å². The number of nitrogens with one attached hydrogen (secondary N) is 1. The summed E-state index contributed by atoms with van der Waals surface area (Å²) in [4.78, 5) is 0. The van der Waals surface area contributed by atoms with E-state index in [0.717, 1.165) is 19.0 Å². The summed E-state index contributed by atoms with van der Waals surface area (Å²) in [5.74, 6) is 0.777. The van der Waals surface area contributed by atoms with Crippen LogP contribution in [0, 0.1) is 5.92 Å². The summed E-state index contributed by atoms with van der Waals surface area (Å²) in [5, 5.41) is 3.36. The van der Waals surface area contributed by atoms with E-state index in [1.54, 1.807) is 7.11 Å². The third kappa shape index (κ3) is 6.32. The first kappa shape index (κ1) is 10.9. The molecule has 0 spiro atoms. The van der Waals surface area contributed by atoms with Crippen molar-refractivity contribution in [3.63, 3.8) is 0 Å². The Bertz CT molecular complexity index is 75.6. The highest BCUT2D eigenvalue weighted by molar-refractivity contribution is 4.58. The zero-order chi connectivity index (χ0) is 8.69. The third-order valence-electron chi connectivity index (χ3n) is 2.02. The topological polar surface area (TPSA) is 21.3 Å². The Morgan fingerprint density at radius 3 is 2.36 bits per heavy atom. The predicted molar refractivity (Wildman–Crippen MR) is 48.8 cm³/mol. The fourth-order valence-electron chi connectivity index (χ4n) is 0.761. The molecule has 0 amide bonds. The van der Waals surface area contributed by atoms with Gasteiger partial charge in [-0.1, -0.05) is 20.3 Å². The number of hydrogen-bond donors (Lipinski definition) is 1. The smallest absolute Gasteiger partial charge is 0.0667 e. The van der Waals surface area contributed by atoms with E-state index in [1.165, 1.54) is 6.42 Å². The minimum absolute atomic E-state index is 0.332. The summed E-state index contributed by atoms with van der Waals surface area (Å²) >= 11 is 0. The average molecular weight is 159 g/mol. The van der Waals surface area contributed by atoms with Crippen LogP contribution in [0.15, 0.2) is 0 Å². The molecule has 0 saturated heterocycles. The van der Waals surface area contributed by atoms with Crippen molar-refractivity contribution in [1.82, 2.24) is 5.32 Å². The summed E-state index contributed by atoms with van der Waals surface area (Å²) < 4.78 is 5.10. The van der Waals surface area contributed by atoms with Gasteiger partial charge in [-0.15, -0.1) is 0 Å². The largest absolute Gasteiger partial charge is 0.380 e. The van der Waals surface area contributed by atoms with Crippen molar-refractivity contribution in [2.24, 2.45) is 5.92 Å². The van der Waals surface area contributed by atoms with Crippen LogP contribution in [0.3, 0.4) is 0 Å². The van der Waals surface area contributed by atoms with Gasteiger partial charge in [0.1, 0.15) is 0 Å². The van der Waals surface area contributed by atoms with Crippen molar-refractivity contribution < 1.29 is 4.74 Å². The minimum Gasteiger partial charge on any atom is -0.380 e. The molecule has 0 aromatic rings. The van der Waals surface area contributed by atoms with Gasteiger partial charge < -0.3 is 10.1 Å². The Balaban J connectivity index is 3.13. The van der Waals surface area contributed by atoms with E-state index in [4.69, 9.17) is 4.74 Å². The highest BCUT2D eigenvalue weighted by Crippen LogP contribution is 1.97. The van der Waals surface area contributed by atoms with Gasteiger partial charge in [0.25, 0.3) is 0 Å². The van der Waals surface area contributed by atoms with Gasteiger partial charge in [-0.25, -0.2) is 0 Å². The molecule has 0 aromatic carbocycles. The lowest BCUT2D eigenvalue weighted by Crippen LogP contribution is -2.29. The molecule has 68 valence electrons. The third-order valence-corrected chi connectivity index (χ3v) is 2.02. The van der Waals surface area contributed by atoms with Crippen molar-refractivity contribution in [2.75, 3.05) is 20.2 Å². The summed E-state index contributed by atoms with van der Waals surface area (Å²) in [6.45, 7) is 8.60. The Labute approximate surface area is 70.3 Å². The molecule has 0 aromatic heterocycles. The minimum atomic E-state index is 0.332.